The molecule has 0 saturated carbocycles. The summed E-state index contributed by atoms with van der Waals surface area (Å²) in [6.45, 7) is 0. The van der Waals surface area contributed by atoms with Crippen LogP contribution in [0.1, 0.15) is 5.76 Å². The predicted molar refractivity (Wildman–Crippen MR) is 124 cm³/mol. The van der Waals surface area contributed by atoms with Crippen molar-refractivity contribution in [2.45, 2.75) is 0 Å². The first-order valence-corrected chi connectivity index (χ1v) is 10.5. The number of rotatable bonds is 5. The number of nitrogens with zero attached hydrogens (tertiary/aromatic N) is 1. The summed E-state index contributed by atoms with van der Waals surface area (Å²) in [5.41, 5.74) is 1.42. The molecule has 1 aromatic heterocycles. The number of carbonyl (C=O) groups is 1. The number of furan rings is 1. The second-order valence-corrected chi connectivity index (χ2v) is 8.38. The molecule has 1 saturated heterocycles. The highest BCUT2D eigenvalue weighted by Crippen LogP contribution is 2.41. The van der Waals surface area contributed by atoms with Gasteiger partial charge in [-0.1, -0.05) is 47.7 Å². The highest BCUT2D eigenvalue weighted by Gasteiger charge is 2.35. The van der Waals surface area contributed by atoms with E-state index in [9.17, 15) is 4.79 Å². The fraction of sp³-hybridized carbons (Fsp3) is 0.0909. The average Bonchev–Trinajstić information content (AvgIpc) is 3.32. The Morgan fingerprint density at radius 3 is 2.67 bits per heavy atom. The van der Waals surface area contributed by atoms with Crippen molar-refractivity contribution in [1.82, 2.24) is 0 Å². The first-order valence-electron chi connectivity index (χ1n) is 8.86. The zero-order valence-electron chi connectivity index (χ0n) is 16.0. The van der Waals surface area contributed by atoms with Crippen LogP contribution in [0.5, 0.6) is 11.5 Å². The Bertz CT molecular complexity index is 1170. The minimum atomic E-state index is -0.242. The largest absolute Gasteiger partial charge is 0.497 e. The predicted octanol–water partition coefficient (Wildman–Crippen LogP) is 6.02. The van der Waals surface area contributed by atoms with Gasteiger partial charge in [-0.3, -0.25) is 9.69 Å². The first-order chi connectivity index (χ1) is 14.5. The Balaban J connectivity index is 1.63. The molecule has 1 fully saturated rings. The molecule has 0 aliphatic carbocycles. The summed E-state index contributed by atoms with van der Waals surface area (Å²) in [7, 11) is 3.10. The molecule has 0 spiro atoms. The number of thiocarbonyl (C=S) groups is 1. The summed E-state index contributed by atoms with van der Waals surface area (Å²) in [5.74, 6) is 2.09. The van der Waals surface area contributed by atoms with Crippen LogP contribution in [0, 0.1) is 0 Å². The van der Waals surface area contributed by atoms with Gasteiger partial charge in [-0.2, -0.15) is 0 Å². The molecular weight excluding hydrogens is 442 g/mol. The Kier molecular flexibility index (Phi) is 5.85. The van der Waals surface area contributed by atoms with E-state index in [4.69, 9.17) is 37.7 Å². The van der Waals surface area contributed by atoms with Crippen molar-refractivity contribution >= 4 is 57.6 Å². The van der Waals surface area contributed by atoms with Crippen LogP contribution >= 0.6 is 35.6 Å². The van der Waals surface area contributed by atoms with Gasteiger partial charge < -0.3 is 13.9 Å². The molecule has 30 heavy (non-hydrogen) atoms. The molecule has 2 aromatic carbocycles. The van der Waals surface area contributed by atoms with E-state index >= 15 is 0 Å². The van der Waals surface area contributed by atoms with Gasteiger partial charge in [0.25, 0.3) is 5.91 Å². The molecule has 0 bridgehead atoms. The van der Waals surface area contributed by atoms with E-state index in [0.717, 1.165) is 5.56 Å². The summed E-state index contributed by atoms with van der Waals surface area (Å²) in [6, 6.07) is 16.2. The average molecular weight is 458 g/mol. The zero-order valence-corrected chi connectivity index (χ0v) is 18.4. The first kappa shape index (κ1) is 20.5. The number of amides is 1. The van der Waals surface area contributed by atoms with E-state index in [-0.39, 0.29) is 5.91 Å². The van der Waals surface area contributed by atoms with Gasteiger partial charge in [0.1, 0.15) is 23.0 Å². The van der Waals surface area contributed by atoms with Gasteiger partial charge in [0.15, 0.2) is 4.32 Å². The highest BCUT2D eigenvalue weighted by atomic mass is 35.5. The van der Waals surface area contributed by atoms with E-state index in [1.165, 1.54) is 23.8 Å². The van der Waals surface area contributed by atoms with Crippen molar-refractivity contribution in [2.24, 2.45) is 0 Å². The van der Waals surface area contributed by atoms with Gasteiger partial charge >= 0.3 is 0 Å². The van der Waals surface area contributed by atoms with E-state index in [0.29, 0.717) is 43.0 Å². The SMILES string of the molecule is COc1ccc(N2C(=O)/C(=C\c3ccc(-c4cccc(Cl)c4)o3)SC2=S)c(OC)c1. The van der Waals surface area contributed by atoms with Gasteiger partial charge in [0.05, 0.1) is 24.8 Å². The molecule has 1 aliphatic rings. The lowest BCUT2D eigenvalue weighted by molar-refractivity contribution is -0.113. The van der Waals surface area contributed by atoms with Gasteiger partial charge in [-0.25, -0.2) is 0 Å². The van der Waals surface area contributed by atoms with Crippen LogP contribution in [-0.4, -0.2) is 24.4 Å². The van der Waals surface area contributed by atoms with Crippen molar-refractivity contribution in [2.75, 3.05) is 19.1 Å². The number of hydrogen-bond acceptors (Lipinski definition) is 6. The van der Waals surface area contributed by atoms with Crippen molar-refractivity contribution in [3.05, 3.63) is 70.3 Å². The number of ether oxygens (including phenoxy) is 2. The molecule has 1 aliphatic heterocycles. The maximum absolute atomic E-state index is 13.1. The third-order valence-electron chi connectivity index (χ3n) is 4.43. The maximum atomic E-state index is 13.1. The normalized spacial score (nSPS) is 15.2. The van der Waals surface area contributed by atoms with Gasteiger partial charge in [0.2, 0.25) is 0 Å². The van der Waals surface area contributed by atoms with Gasteiger partial charge in [-0.15, -0.1) is 0 Å². The minimum Gasteiger partial charge on any atom is -0.497 e. The fourth-order valence-corrected chi connectivity index (χ4v) is 4.46. The van der Waals surface area contributed by atoms with E-state index in [1.54, 1.807) is 43.5 Å². The Morgan fingerprint density at radius 1 is 1.10 bits per heavy atom. The molecule has 8 heteroatoms. The van der Waals surface area contributed by atoms with Crippen LogP contribution in [-0.2, 0) is 4.79 Å². The number of hydrogen-bond donors (Lipinski definition) is 0. The number of methoxy groups -OCH3 is 2. The van der Waals surface area contributed by atoms with E-state index in [1.807, 2.05) is 24.3 Å². The van der Waals surface area contributed by atoms with Crippen LogP contribution in [0.2, 0.25) is 5.02 Å². The smallest absolute Gasteiger partial charge is 0.271 e. The fourth-order valence-electron chi connectivity index (χ4n) is 3.00. The quantitative estimate of drug-likeness (QED) is 0.345. The summed E-state index contributed by atoms with van der Waals surface area (Å²) in [5, 5.41) is 0.625. The topological polar surface area (TPSA) is 51.9 Å². The monoisotopic (exact) mass is 457 g/mol. The molecule has 0 atom stereocenters. The lowest BCUT2D eigenvalue weighted by atomic mass is 10.2. The van der Waals surface area contributed by atoms with Crippen molar-refractivity contribution in [3.63, 3.8) is 0 Å². The molecule has 5 nitrogen and oxygen atoms in total. The van der Waals surface area contributed by atoms with Crippen molar-refractivity contribution in [1.29, 1.82) is 0 Å². The number of thioether (sulfide) groups is 1. The van der Waals surface area contributed by atoms with Gasteiger partial charge in [-0.05, 0) is 36.4 Å². The third-order valence-corrected chi connectivity index (χ3v) is 5.97. The van der Waals surface area contributed by atoms with Crippen LogP contribution in [0.25, 0.3) is 17.4 Å². The second-order valence-electron chi connectivity index (χ2n) is 6.27. The van der Waals surface area contributed by atoms with Crippen molar-refractivity contribution < 1.29 is 18.7 Å². The number of anilines is 1. The third kappa shape index (κ3) is 3.96. The summed E-state index contributed by atoms with van der Waals surface area (Å²) in [4.78, 5) is 15.0. The second kappa shape index (κ2) is 8.55. The maximum Gasteiger partial charge on any atom is 0.271 e. The Labute approximate surface area is 188 Å². The minimum absolute atomic E-state index is 0.242. The Morgan fingerprint density at radius 2 is 1.93 bits per heavy atom. The van der Waals surface area contributed by atoms with Gasteiger partial charge in [0, 0.05) is 22.7 Å². The summed E-state index contributed by atoms with van der Waals surface area (Å²) in [6.07, 6.45) is 1.68. The van der Waals surface area contributed by atoms with Crippen LogP contribution in [0.15, 0.2) is 63.9 Å². The molecular formula is C22H16ClNO4S2. The van der Waals surface area contributed by atoms with Crippen LogP contribution < -0.4 is 14.4 Å². The Hall–Kier alpha value is -2.74. The standard InChI is InChI=1S/C22H16ClNO4S2/c1-26-15-6-8-17(19(11-15)27-2)24-21(25)20(30-22(24)29)12-16-7-9-18(28-16)13-4-3-5-14(23)10-13/h3-12H,1-2H3/b20-12+. The molecule has 0 radical (unpaired) electrons. The van der Waals surface area contributed by atoms with Crippen molar-refractivity contribution in [3.8, 4) is 22.8 Å². The molecule has 152 valence electrons. The summed E-state index contributed by atoms with van der Waals surface area (Å²) >= 11 is 12.7. The molecule has 4 rings (SSSR count). The molecule has 0 unspecified atom stereocenters. The molecule has 2 heterocycles. The van der Waals surface area contributed by atoms with Crippen LogP contribution in [0.3, 0.4) is 0 Å². The van der Waals surface area contributed by atoms with E-state index < -0.39 is 0 Å². The lowest BCUT2D eigenvalue weighted by Crippen LogP contribution is -2.27. The number of carbonyl (C=O) groups excluding carboxylic acids is 1. The number of benzene rings is 2. The van der Waals surface area contributed by atoms with E-state index in [2.05, 4.69) is 0 Å². The highest BCUT2D eigenvalue weighted by molar-refractivity contribution is 8.27. The van der Waals surface area contributed by atoms with Crippen LogP contribution in [0.4, 0.5) is 5.69 Å². The zero-order chi connectivity index (χ0) is 21.3. The molecule has 1 amide bonds. The molecule has 0 N–H and O–H groups in total. The summed E-state index contributed by atoms with van der Waals surface area (Å²) < 4.78 is 16.9. The molecule has 3 aromatic rings. The lowest BCUT2D eigenvalue weighted by Gasteiger charge is -2.18. The number of halogens is 1.